The van der Waals surface area contributed by atoms with Crippen molar-refractivity contribution in [2.75, 3.05) is 13.1 Å². The number of amides is 1. The number of benzene rings is 1. The minimum atomic E-state index is 0.00142. The van der Waals surface area contributed by atoms with E-state index in [1.807, 2.05) is 54.4 Å². The van der Waals surface area contributed by atoms with Crippen molar-refractivity contribution >= 4 is 16.8 Å². The average molecular weight is 306 g/mol. The first-order chi connectivity index (χ1) is 11.2. The van der Waals surface area contributed by atoms with Crippen LogP contribution in [0.15, 0.2) is 42.6 Å². The molecule has 3 heterocycles. The van der Waals surface area contributed by atoms with Crippen LogP contribution in [0.5, 0.6) is 0 Å². The van der Waals surface area contributed by atoms with E-state index in [0.717, 1.165) is 35.4 Å². The van der Waals surface area contributed by atoms with Gasteiger partial charge < -0.3 is 9.88 Å². The summed E-state index contributed by atoms with van der Waals surface area (Å²) in [5.74, 6) is 1.26. The molecule has 1 atom stereocenters. The van der Waals surface area contributed by atoms with Crippen molar-refractivity contribution in [1.82, 2.24) is 19.9 Å². The summed E-state index contributed by atoms with van der Waals surface area (Å²) in [6, 6.07) is 11.6. The van der Waals surface area contributed by atoms with E-state index in [9.17, 15) is 4.79 Å². The van der Waals surface area contributed by atoms with Gasteiger partial charge >= 0.3 is 0 Å². The summed E-state index contributed by atoms with van der Waals surface area (Å²) in [5, 5.41) is 1.05. The highest BCUT2D eigenvalue weighted by Gasteiger charge is 2.30. The third-order valence-electron chi connectivity index (χ3n) is 4.40. The van der Waals surface area contributed by atoms with Crippen molar-refractivity contribution in [1.29, 1.82) is 0 Å². The maximum Gasteiger partial charge on any atom is 0.272 e. The number of imidazole rings is 1. The molecule has 1 N–H and O–H groups in total. The number of hydrogen-bond donors (Lipinski definition) is 1. The van der Waals surface area contributed by atoms with Crippen molar-refractivity contribution in [2.45, 2.75) is 19.3 Å². The zero-order valence-corrected chi connectivity index (χ0v) is 13.0. The van der Waals surface area contributed by atoms with Gasteiger partial charge in [-0.25, -0.2) is 9.97 Å². The Morgan fingerprint density at radius 1 is 1.26 bits per heavy atom. The highest BCUT2D eigenvalue weighted by atomic mass is 16.2. The molecule has 0 saturated carbocycles. The summed E-state index contributed by atoms with van der Waals surface area (Å²) < 4.78 is 0. The molecule has 0 unspecified atom stereocenters. The van der Waals surface area contributed by atoms with E-state index in [1.54, 1.807) is 0 Å². The van der Waals surface area contributed by atoms with Crippen molar-refractivity contribution < 1.29 is 4.79 Å². The van der Waals surface area contributed by atoms with E-state index in [-0.39, 0.29) is 11.8 Å². The lowest BCUT2D eigenvalue weighted by molar-refractivity contribution is 0.0785. The molecule has 1 aliphatic rings. The minimum absolute atomic E-state index is 0.00142. The van der Waals surface area contributed by atoms with Crippen LogP contribution in [0.3, 0.4) is 0 Å². The number of aryl methyl sites for hydroxylation is 1. The van der Waals surface area contributed by atoms with Crippen molar-refractivity contribution in [3.8, 4) is 0 Å². The summed E-state index contributed by atoms with van der Waals surface area (Å²) in [4.78, 5) is 26.8. The van der Waals surface area contributed by atoms with Gasteiger partial charge in [0.15, 0.2) is 0 Å². The molecule has 5 heteroatoms. The van der Waals surface area contributed by atoms with Gasteiger partial charge in [-0.3, -0.25) is 4.79 Å². The maximum atomic E-state index is 12.7. The van der Waals surface area contributed by atoms with Crippen LogP contribution in [0.25, 0.3) is 10.9 Å². The Bertz CT molecular complexity index is 870. The number of aromatic nitrogens is 3. The topological polar surface area (TPSA) is 61.9 Å². The number of nitrogens with zero attached hydrogens (tertiary/aromatic N) is 3. The van der Waals surface area contributed by atoms with E-state index in [1.165, 1.54) is 0 Å². The number of aromatic amines is 1. The number of hydrogen-bond acceptors (Lipinski definition) is 3. The van der Waals surface area contributed by atoms with Crippen molar-refractivity contribution in [3.63, 3.8) is 0 Å². The van der Waals surface area contributed by atoms with Gasteiger partial charge in [0.1, 0.15) is 11.5 Å². The number of carbonyl (C=O) groups is 1. The fourth-order valence-corrected chi connectivity index (χ4v) is 3.16. The third-order valence-corrected chi connectivity index (χ3v) is 4.40. The van der Waals surface area contributed by atoms with Crippen molar-refractivity contribution in [2.24, 2.45) is 0 Å². The fourth-order valence-electron chi connectivity index (χ4n) is 3.16. The molecule has 116 valence electrons. The molecule has 1 fully saturated rings. The number of para-hydroxylation sites is 1. The number of likely N-dealkylation sites (tertiary alicyclic amines) is 1. The zero-order chi connectivity index (χ0) is 15.8. The van der Waals surface area contributed by atoms with Gasteiger partial charge in [-0.05, 0) is 25.5 Å². The second-order valence-electron chi connectivity index (χ2n) is 6.08. The van der Waals surface area contributed by atoms with Crippen molar-refractivity contribution in [3.05, 3.63) is 59.8 Å². The van der Waals surface area contributed by atoms with Crippen LogP contribution in [0, 0.1) is 6.92 Å². The van der Waals surface area contributed by atoms with Crippen LogP contribution >= 0.6 is 0 Å². The predicted molar refractivity (Wildman–Crippen MR) is 88.3 cm³/mol. The molecule has 1 saturated heterocycles. The highest BCUT2D eigenvalue weighted by molar-refractivity contribution is 5.95. The molecule has 0 bridgehead atoms. The zero-order valence-electron chi connectivity index (χ0n) is 13.0. The van der Waals surface area contributed by atoms with Gasteiger partial charge in [0.2, 0.25) is 0 Å². The third kappa shape index (κ3) is 2.59. The normalized spacial score (nSPS) is 17.8. The molecule has 3 aromatic rings. The first-order valence-corrected chi connectivity index (χ1v) is 7.87. The van der Waals surface area contributed by atoms with Crippen LogP contribution in [0.1, 0.15) is 34.3 Å². The van der Waals surface area contributed by atoms with Crippen LogP contribution in [-0.4, -0.2) is 38.8 Å². The second kappa shape index (κ2) is 5.50. The van der Waals surface area contributed by atoms with Crippen LogP contribution in [0.4, 0.5) is 0 Å². The molecule has 1 aromatic carbocycles. The number of H-pyrrole nitrogens is 1. The smallest absolute Gasteiger partial charge is 0.272 e. The lowest BCUT2D eigenvalue weighted by Crippen LogP contribution is -2.29. The predicted octanol–water partition coefficient (Wildman–Crippen LogP) is 2.90. The molecular weight excluding hydrogens is 288 g/mol. The maximum absolute atomic E-state index is 12.7. The second-order valence-corrected chi connectivity index (χ2v) is 6.08. The van der Waals surface area contributed by atoms with Gasteiger partial charge in [0.25, 0.3) is 5.91 Å². The van der Waals surface area contributed by atoms with E-state index in [0.29, 0.717) is 12.2 Å². The SMILES string of the molecule is Cc1cnc([C@@H]2CCN(C(=O)c3ccc4ccccc4n3)C2)[nH]1. The molecule has 23 heavy (non-hydrogen) atoms. The summed E-state index contributed by atoms with van der Waals surface area (Å²) in [7, 11) is 0. The quantitative estimate of drug-likeness (QED) is 0.792. The Kier molecular flexibility index (Phi) is 3.33. The monoisotopic (exact) mass is 306 g/mol. The average Bonchev–Trinajstić information content (AvgIpc) is 3.22. The van der Waals surface area contributed by atoms with Gasteiger partial charge in [-0.1, -0.05) is 24.3 Å². The minimum Gasteiger partial charge on any atom is -0.346 e. The molecule has 0 radical (unpaired) electrons. The molecule has 1 amide bonds. The number of fused-ring (bicyclic) bond motifs is 1. The van der Waals surface area contributed by atoms with E-state index in [2.05, 4.69) is 15.0 Å². The van der Waals surface area contributed by atoms with Crippen LogP contribution in [-0.2, 0) is 0 Å². The summed E-state index contributed by atoms with van der Waals surface area (Å²) in [5.41, 5.74) is 2.43. The van der Waals surface area contributed by atoms with Gasteiger partial charge in [0, 0.05) is 36.3 Å². The standard InChI is InChI=1S/C18H18N4O/c1-12-10-19-17(20-12)14-8-9-22(11-14)18(23)16-7-6-13-4-2-3-5-15(13)21-16/h2-7,10,14H,8-9,11H2,1H3,(H,19,20)/t14-/m1/s1. The Morgan fingerprint density at radius 3 is 2.96 bits per heavy atom. The van der Waals surface area contributed by atoms with Gasteiger partial charge in [-0.15, -0.1) is 0 Å². The Hall–Kier alpha value is -2.69. The summed E-state index contributed by atoms with van der Waals surface area (Å²) in [6.07, 6.45) is 2.77. The van der Waals surface area contributed by atoms with E-state index in [4.69, 9.17) is 0 Å². The first kappa shape index (κ1) is 13.9. The molecular formula is C18H18N4O. The van der Waals surface area contributed by atoms with Crippen LogP contribution in [0.2, 0.25) is 0 Å². The highest BCUT2D eigenvalue weighted by Crippen LogP contribution is 2.26. The Balaban J connectivity index is 1.54. The molecule has 0 spiro atoms. The molecule has 2 aromatic heterocycles. The number of pyridine rings is 1. The van der Waals surface area contributed by atoms with Gasteiger partial charge in [0.05, 0.1) is 5.52 Å². The molecule has 4 rings (SSSR count). The largest absolute Gasteiger partial charge is 0.346 e. The lowest BCUT2D eigenvalue weighted by atomic mass is 10.1. The molecule has 5 nitrogen and oxygen atoms in total. The fraction of sp³-hybridized carbons (Fsp3) is 0.278. The molecule has 1 aliphatic heterocycles. The number of carbonyl (C=O) groups excluding carboxylic acids is 1. The van der Waals surface area contributed by atoms with Crippen LogP contribution < -0.4 is 0 Å². The van der Waals surface area contributed by atoms with E-state index >= 15 is 0 Å². The van der Waals surface area contributed by atoms with E-state index < -0.39 is 0 Å². The van der Waals surface area contributed by atoms with Gasteiger partial charge in [-0.2, -0.15) is 0 Å². The lowest BCUT2D eigenvalue weighted by Gasteiger charge is -2.15. The molecule has 0 aliphatic carbocycles. The Morgan fingerprint density at radius 2 is 2.13 bits per heavy atom. The summed E-state index contributed by atoms with van der Waals surface area (Å²) in [6.45, 7) is 3.44. The first-order valence-electron chi connectivity index (χ1n) is 7.87. The summed E-state index contributed by atoms with van der Waals surface area (Å²) >= 11 is 0. The number of rotatable bonds is 2. The number of nitrogens with one attached hydrogen (secondary N) is 1. The Labute approximate surface area is 134 Å².